The molecule has 0 bridgehead atoms. The van der Waals surface area contributed by atoms with Gasteiger partial charge in [-0.2, -0.15) is 0 Å². The highest BCUT2D eigenvalue weighted by Gasteiger charge is 2.25. The van der Waals surface area contributed by atoms with E-state index >= 15 is 0 Å². The molecule has 1 heterocycles. The first-order valence-corrected chi connectivity index (χ1v) is 6.50. The average molecular weight is 287 g/mol. The number of hydrogen-bond acceptors (Lipinski definition) is 2. The quantitative estimate of drug-likeness (QED) is 0.926. The second-order valence-electron chi connectivity index (χ2n) is 4.58. The molecule has 0 aliphatic carbocycles. The summed E-state index contributed by atoms with van der Waals surface area (Å²) in [6.07, 6.45) is 1.77. The van der Waals surface area contributed by atoms with Gasteiger partial charge in [0.1, 0.15) is 5.82 Å². The molecule has 0 radical (unpaired) electrons. The lowest BCUT2D eigenvalue weighted by Crippen LogP contribution is -2.41. The smallest absolute Gasteiger partial charge is 0.230 e. The minimum absolute atomic E-state index is 0. The van der Waals surface area contributed by atoms with Crippen molar-refractivity contribution in [2.75, 3.05) is 24.5 Å². The Bertz CT molecular complexity index is 404. The third kappa shape index (κ3) is 3.91. The van der Waals surface area contributed by atoms with Gasteiger partial charge in [-0.3, -0.25) is 4.79 Å². The average Bonchev–Trinajstić information content (AvgIpc) is 2.42. The summed E-state index contributed by atoms with van der Waals surface area (Å²) < 4.78 is 12.9. The van der Waals surface area contributed by atoms with Gasteiger partial charge in [0.15, 0.2) is 0 Å². The number of halogens is 2. The number of anilines is 1. The number of amides is 1. The standard InChI is InChI=1S/C14H19FN2O.ClH/c1-2-17(13-5-3-12(15)4-6-13)14(18)11-7-9-16-10-8-11;/h3-6,11,16H,2,7-10H2,1H3;1H. The Morgan fingerprint density at radius 2 is 1.89 bits per heavy atom. The van der Waals surface area contributed by atoms with Gasteiger partial charge in [-0.15, -0.1) is 12.4 Å². The Morgan fingerprint density at radius 3 is 2.42 bits per heavy atom. The van der Waals surface area contributed by atoms with E-state index in [4.69, 9.17) is 0 Å². The molecular formula is C14H20ClFN2O. The molecule has 5 heteroatoms. The van der Waals surface area contributed by atoms with Gasteiger partial charge >= 0.3 is 0 Å². The van der Waals surface area contributed by atoms with Crippen LogP contribution in [0, 0.1) is 11.7 Å². The van der Waals surface area contributed by atoms with Crippen molar-refractivity contribution in [1.29, 1.82) is 0 Å². The van der Waals surface area contributed by atoms with E-state index in [9.17, 15) is 9.18 Å². The van der Waals surface area contributed by atoms with Crippen molar-refractivity contribution in [2.24, 2.45) is 5.92 Å². The first-order valence-electron chi connectivity index (χ1n) is 6.50. The lowest BCUT2D eigenvalue weighted by atomic mass is 9.96. The molecule has 1 fully saturated rings. The monoisotopic (exact) mass is 286 g/mol. The molecule has 0 atom stereocenters. The zero-order valence-electron chi connectivity index (χ0n) is 11.1. The molecule has 1 aliphatic heterocycles. The maximum absolute atomic E-state index is 12.9. The van der Waals surface area contributed by atoms with Crippen LogP contribution in [-0.4, -0.2) is 25.5 Å². The normalized spacial score (nSPS) is 15.7. The van der Waals surface area contributed by atoms with Crippen molar-refractivity contribution < 1.29 is 9.18 Å². The third-order valence-corrected chi connectivity index (χ3v) is 3.41. The van der Waals surface area contributed by atoms with Crippen molar-refractivity contribution in [1.82, 2.24) is 5.32 Å². The van der Waals surface area contributed by atoms with Crippen molar-refractivity contribution in [3.05, 3.63) is 30.1 Å². The second-order valence-corrected chi connectivity index (χ2v) is 4.58. The number of nitrogens with zero attached hydrogens (tertiary/aromatic N) is 1. The first kappa shape index (κ1) is 15.9. The zero-order chi connectivity index (χ0) is 13.0. The summed E-state index contributed by atoms with van der Waals surface area (Å²) in [4.78, 5) is 14.2. The van der Waals surface area contributed by atoms with E-state index in [2.05, 4.69) is 5.32 Å². The van der Waals surface area contributed by atoms with Crippen molar-refractivity contribution in [3.8, 4) is 0 Å². The van der Waals surface area contributed by atoms with Gasteiger partial charge in [0, 0.05) is 18.2 Å². The Hall–Kier alpha value is -1.13. The lowest BCUT2D eigenvalue weighted by Gasteiger charge is -2.29. The van der Waals surface area contributed by atoms with Crippen LogP contribution >= 0.6 is 12.4 Å². The third-order valence-electron chi connectivity index (χ3n) is 3.41. The van der Waals surface area contributed by atoms with E-state index in [0.29, 0.717) is 6.54 Å². The molecule has 2 rings (SSSR count). The Labute approximate surface area is 119 Å². The Kier molecular flexibility index (Phi) is 6.25. The van der Waals surface area contributed by atoms with Crippen LogP contribution in [0.4, 0.5) is 10.1 Å². The first-order chi connectivity index (χ1) is 8.72. The fourth-order valence-corrected chi connectivity index (χ4v) is 2.38. The number of carbonyl (C=O) groups excluding carboxylic acids is 1. The molecule has 0 unspecified atom stereocenters. The molecule has 19 heavy (non-hydrogen) atoms. The molecule has 0 spiro atoms. The van der Waals surface area contributed by atoms with Gasteiger partial charge in [-0.1, -0.05) is 0 Å². The highest BCUT2D eigenvalue weighted by atomic mass is 35.5. The van der Waals surface area contributed by atoms with Crippen LogP contribution in [0.2, 0.25) is 0 Å². The molecule has 1 saturated heterocycles. The van der Waals surface area contributed by atoms with E-state index in [1.807, 2.05) is 6.92 Å². The molecule has 0 saturated carbocycles. The fourth-order valence-electron chi connectivity index (χ4n) is 2.38. The number of hydrogen-bond donors (Lipinski definition) is 1. The molecule has 1 aromatic carbocycles. The van der Waals surface area contributed by atoms with Gasteiger partial charge in [-0.05, 0) is 57.1 Å². The van der Waals surface area contributed by atoms with E-state index in [0.717, 1.165) is 31.6 Å². The van der Waals surface area contributed by atoms with Crippen molar-refractivity contribution in [3.63, 3.8) is 0 Å². The maximum atomic E-state index is 12.9. The minimum atomic E-state index is -0.274. The number of carbonyl (C=O) groups is 1. The largest absolute Gasteiger partial charge is 0.317 e. The second kappa shape index (κ2) is 7.46. The molecular weight excluding hydrogens is 267 g/mol. The van der Waals surface area contributed by atoms with Crippen LogP contribution in [0.3, 0.4) is 0 Å². The van der Waals surface area contributed by atoms with Crippen LogP contribution in [0.1, 0.15) is 19.8 Å². The Morgan fingerprint density at radius 1 is 1.32 bits per heavy atom. The number of benzene rings is 1. The van der Waals surface area contributed by atoms with E-state index in [1.165, 1.54) is 12.1 Å². The zero-order valence-corrected chi connectivity index (χ0v) is 11.9. The van der Waals surface area contributed by atoms with Crippen LogP contribution in [0.15, 0.2) is 24.3 Å². The van der Waals surface area contributed by atoms with Gasteiger partial charge in [0.25, 0.3) is 0 Å². The molecule has 1 aliphatic rings. The van der Waals surface area contributed by atoms with Crippen LogP contribution in [0.25, 0.3) is 0 Å². The van der Waals surface area contributed by atoms with Crippen molar-refractivity contribution >= 4 is 24.0 Å². The molecule has 1 N–H and O–H groups in total. The molecule has 3 nitrogen and oxygen atoms in total. The summed E-state index contributed by atoms with van der Waals surface area (Å²) in [5.74, 6) is -0.0222. The number of piperidine rings is 1. The predicted molar refractivity (Wildman–Crippen MR) is 77.3 cm³/mol. The summed E-state index contributed by atoms with van der Waals surface area (Å²) in [7, 11) is 0. The summed E-state index contributed by atoms with van der Waals surface area (Å²) >= 11 is 0. The van der Waals surface area contributed by atoms with Gasteiger partial charge < -0.3 is 10.2 Å². The SMILES string of the molecule is CCN(C(=O)C1CCNCC1)c1ccc(F)cc1.Cl. The molecule has 0 aromatic heterocycles. The highest BCUT2D eigenvalue weighted by Crippen LogP contribution is 2.21. The van der Waals surface area contributed by atoms with E-state index < -0.39 is 0 Å². The summed E-state index contributed by atoms with van der Waals surface area (Å²) in [5.41, 5.74) is 0.780. The maximum Gasteiger partial charge on any atom is 0.230 e. The van der Waals surface area contributed by atoms with Gasteiger partial charge in [-0.25, -0.2) is 4.39 Å². The van der Waals surface area contributed by atoms with Crippen LogP contribution in [0.5, 0.6) is 0 Å². The predicted octanol–water partition coefficient (Wildman–Crippen LogP) is 2.60. The van der Waals surface area contributed by atoms with Gasteiger partial charge in [0.2, 0.25) is 5.91 Å². The number of rotatable bonds is 3. The number of nitrogens with one attached hydrogen (secondary N) is 1. The lowest BCUT2D eigenvalue weighted by molar-refractivity contribution is -0.123. The highest BCUT2D eigenvalue weighted by molar-refractivity contribution is 5.95. The topological polar surface area (TPSA) is 32.3 Å². The molecule has 1 amide bonds. The van der Waals surface area contributed by atoms with Crippen LogP contribution in [-0.2, 0) is 4.79 Å². The molecule has 1 aromatic rings. The van der Waals surface area contributed by atoms with Crippen molar-refractivity contribution in [2.45, 2.75) is 19.8 Å². The molecule has 106 valence electrons. The Balaban J connectivity index is 0.00000180. The summed E-state index contributed by atoms with van der Waals surface area (Å²) in [6, 6.07) is 6.12. The van der Waals surface area contributed by atoms with Crippen LogP contribution < -0.4 is 10.2 Å². The minimum Gasteiger partial charge on any atom is -0.317 e. The fraction of sp³-hybridized carbons (Fsp3) is 0.500. The summed E-state index contributed by atoms with van der Waals surface area (Å²) in [6.45, 7) is 4.37. The van der Waals surface area contributed by atoms with E-state index in [-0.39, 0.29) is 30.0 Å². The van der Waals surface area contributed by atoms with Gasteiger partial charge in [0.05, 0.1) is 0 Å². The van der Waals surface area contributed by atoms with E-state index in [1.54, 1.807) is 17.0 Å². The summed E-state index contributed by atoms with van der Waals surface area (Å²) in [5, 5.41) is 3.25.